The van der Waals surface area contributed by atoms with Gasteiger partial charge in [-0.15, -0.1) is 5.10 Å². The zero-order valence-corrected chi connectivity index (χ0v) is 14.5. The van der Waals surface area contributed by atoms with Gasteiger partial charge in [-0.05, 0) is 34.9 Å². The van der Waals surface area contributed by atoms with E-state index in [2.05, 4.69) is 54.9 Å². The van der Waals surface area contributed by atoms with Crippen LogP contribution in [-0.4, -0.2) is 67.9 Å². The molecular weight excluding hydrogens is 332 g/mol. The fraction of sp³-hybridized carbons (Fsp3) is 0.353. The Morgan fingerprint density at radius 2 is 2.19 bits per heavy atom. The summed E-state index contributed by atoms with van der Waals surface area (Å²) in [6.45, 7) is 2.66. The summed E-state index contributed by atoms with van der Waals surface area (Å²) < 4.78 is 1.40. The molecule has 1 aliphatic heterocycles. The summed E-state index contributed by atoms with van der Waals surface area (Å²) in [6.07, 6.45) is 4.01. The number of hydrogen-bond acceptors (Lipinski definition) is 6. The minimum atomic E-state index is -0.0950. The molecular formula is C17H20N8O. The van der Waals surface area contributed by atoms with Gasteiger partial charge in [0.05, 0.1) is 6.20 Å². The number of benzene rings is 1. The fourth-order valence-corrected chi connectivity index (χ4v) is 3.41. The van der Waals surface area contributed by atoms with E-state index in [0.29, 0.717) is 23.8 Å². The topological polar surface area (TPSA) is 95.8 Å². The van der Waals surface area contributed by atoms with E-state index in [9.17, 15) is 4.79 Å². The van der Waals surface area contributed by atoms with Gasteiger partial charge in [0.15, 0.2) is 5.82 Å². The lowest BCUT2D eigenvalue weighted by Crippen LogP contribution is -2.33. The first-order chi connectivity index (χ1) is 12.7. The van der Waals surface area contributed by atoms with Crippen molar-refractivity contribution in [1.82, 2.24) is 35.3 Å². The molecule has 9 nitrogen and oxygen atoms in total. The van der Waals surface area contributed by atoms with E-state index in [0.717, 1.165) is 19.5 Å². The molecule has 0 spiro atoms. The first-order valence-corrected chi connectivity index (χ1v) is 8.54. The number of H-pyrrole nitrogens is 1. The van der Waals surface area contributed by atoms with Crippen LogP contribution in [0.1, 0.15) is 16.8 Å². The molecule has 4 rings (SSSR count). The maximum Gasteiger partial charge on any atom is 0.259 e. The Bertz CT molecular complexity index is 860. The molecule has 3 heterocycles. The zero-order chi connectivity index (χ0) is 17.9. The van der Waals surface area contributed by atoms with E-state index >= 15 is 0 Å². The molecule has 1 amide bonds. The fourth-order valence-electron chi connectivity index (χ4n) is 3.41. The minimum Gasteiger partial charge on any atom is -0.371 e. The van der Waals surface area contributed by atoms with Crippen LogP contribution in [0.3, 0.4) is 0 Å². The van der Waals surface area contributed by atoms with Gasteiger partial charge in [-0.2, -0.15) is 9.78 Å². The van der Waals surface area contributed by atoms with Crippen LogP contribution in [0.2, 0.25) is 0 Å². The first-order valence-electron chi connectivity index (χ1n) is 8.54. The number of hydrogen-bond donors (Lipinski definition) is 1. The highest BCUT2D eigenvalue weighted by Gasteiger charge is 2.27. The van der Waals surface area contributed by atoms with Crippen LogP contribution in [-0.2, 0) is 0 Å². The van der Waals surface area contributed by atoms with Crippen LogP contribution in [0.5, 0.6) is 0 Å². The number of rotatable bonds is 5. The Morgan fingerprint density at radius 1 is 1.35 bits per heavy atom. The summed E-state index contributed by atoms with van der Waals surface area (Å²) in [5, 5.41) is 17.8. The SMILES string of the molecule is CN(CC1CCN(c2ccccc2)C1)C(=O)c1cn[nH]c1-n1cnnn1. The van der Waals surface area contributed by atoms with Gasteiger partial charge < -0.3 is 9.80 Å². The highest BCUT2D eigenvalue weighted by molar-refractivity contribution is 5.96. The molecule has 1 atom stereocenters. The van der Waals surface area contributed by atoms with Crippen molar-refractivity contribution < 1.29 is 4.79 Å². The monoisotopic (exact) mass is 352 g/mol. The molecule has 0 saturated carbocycles. The molecule has 2 aromatic heterocycles. The number of anilines is 1. The van der Waals surface area contributed by atoms with Crippen molar-refractivity contribution in [3.8, 4) is 5.82 Å². The Labute approximate surface area is 150 Å². The molecule has 1 saturated heterocycles. The van der Waals surface area contributed by atoms with Crippen molar-refractivity contribution in [2.24, 2.45) is 5.92 Å². The van der Waals surface area contributed by atoms with Gasteiger partial charge in [0.1, 0.15) is 11.9 Å². The van der Waals surface area contributed by atoms with Gasteiger partial charge in [-0.25, -0.2) is 0 Å². The lowest BCUT2D eigenvalue weighted by atomic mass is 10.1. The van der Waals surface area contributed by atoms with E-state index in [4.69, 9.17) is 0 Å². The molecule has 1 aromatic carbocycles. The Balaban J connectivity index is 1.41. The van der Waals surface area contributed by atoms with E-state index in [1.165, 1.54) is 22.9 Å². The Hall–Kier alpha value is -3.23. The number of aromatic nitrogens is 6. The molecule has 0 bridgehead atoms. The van der Waals surface area contributed by atoms with Crippen LogP contribution in [0, 0.1) is 5.92 Å². The maximum absolute atomic E-state index is 12.8. The van der Waals surface area contributed by atoms with Gasteiger partial charge in [-0.3, -0.25) is 9.89 Å². The molecule has 1 aliphatic rings. The van der Waals surface area contributed by atoms with Crippen molar-refractivity contribution >= 4 is 11.6 Å². The van der Waals surface area contributed by atoms with Gasteiger partial charge in [0.25, 0.3) is 5.91 Å². The number of amides is 1. The smallest absolute Gasteiger partial charge is 0.259 e. The summed E-state index contributed by atoms with van der Waals surface area (Å²) in [4.78, 5) is 16.9. The van der Waals surface area contributed by atoms with Gasteiger partial charge in [-0.1, -0.05) is 18.2 Å². The number of tetrazole rings is 1. The van der Waals surface area contributed by atoms with Crippen molar-refractivity contribution in [3.05, 3.63) is 48.4 Å². The van der Waals surface area contributed by atoms with E-state index in [1.807, 2.05) is 13.1 Å². The van der Waals surface area contributed by atoms with Gasteiger partial charge in [0, 0.05) is 32.4 Å². The number of carbonyl (C=O) groups is 1. The predicted molar refractivity (Wildman–Crippen MR) is 95.0 cm³/mol. The minimum absolute atomic E-state index is 0.0950. The second-order valence-corrected chi connectivity index (χ2v) is 6.51. The Morgan fingerprint density at radius 3 is 2.96 bits per heavy atom. The number of carbonyl (C=O) groups excluding carboxylic acids is 1. The zero-order valence-electron chi connectivity index (χ0n) is 14.5. The maximum atomic E-state index is 12.8. The second-order valence-electron chi connectivity index (χ2n) is 6.51. The third-order valence-corrected chi connectivity index (χ3v) is 4.71. The largest absolute Gasteiger partial charge is 0.371 e. The molecule has 26 heavy (non-hydrogen) atoms. The average molecular weight is 352 g/mol. The molecule has 0 aliphatic carbocycles. The number of nitrogens with one attached hydrogen (secondary N) is 1. The second kappa shape index (κ2) is 6.95. The van der Waals surface area contributed by atoms with Crippen LogP contribution in [0.4, 0.5) is 5.69 Å². The normalized spacial score (nSPS) is 16.8. The van der Waals surface area contributed by atoms with Crippen LogP contribution >= 0.6 is 0 Å². The molecule has 1 fully saturated rings. The van der Waals surface area contributed by atoms with E-state index in [1.54, 1.807) is 4.90 Å². The third-order valence-electron chi connectivity index (χ3n) is 4.71. The van der Waals surface area contributed by atoms with Crippen molar-refractivity contribution in [3.63, 3.8) is 0 Å². The van der Waals surface area contributed by atoms with Crippen molar-refractivity contribution in [2.75, 3.05) is 31.6 Å². The number of aromatic amines is 1. The highest BCUT2D eigenvalue weighted by atomic mass is 16.2. The molecule has 134 valence electrons. The van der Waals surface area contributed by atoms with Gasteiger partial charge in [0.2, 0.25) is 0 Å². The quantitative estimate of drug-likeness (QED) is 0.735. The summed E-state index contributed by atoms with van der Waals surface area (Å²) in [5.41, 5.74) is 1.69. The predicted octanol–water partition coefficient (Wildman–Crippen LogP) is 0.984. The van der Waals surface area contributed by atoms with Crippen LogP contribution in [0.15, 0.2) is 42.9 Å². The van der Waals surface area contributed by atoms with Crippen LogP contribution < -0.4 is 4.90 Å². The highest BCUT2D eigenvalue weighted by Crippen LogP contribution is 2.24. The number of para-hydroxylation sites is 1. The van der Waals surface area contributed by atoms with E-state index in [-0.39, 0.29) is 5.91 Å². The average Bonchev–Trinajstić information content (AvgIpc) is 3.42. The molecule has 1 unspecified atom stereocenters. The lowest BCUT2D eigenvalue weighted by molar-refractivity contribution is 0.0776. The number of nitrogens with zero attached hydrogens (tertiary/aromatic N) is 7. The molecule has 0 radical (unpaired) electrons. The van der Waals surface area contributed by atoms with Gasteiger partial charge >= 0.3 is 0 Å². The summed E-state index contributed by atoms with van der Waals surface area (Å²) >= 11 is 0. The van der Waals surface area contributed by atoms with E-state index < -0.39 is 0 Å². The van der Waals surface area contributed by atoms with Crippen molar-refractivity contribution in [2.45, 2.75) is 6.42 Å². The lowest BCUT2D eigenvalue weighted by Gasteiger charge is -2.22. The Kier molecular flexibility index (Phi) is 4.34. The standard InChI is InChI=1S/C17H20N8O/c1-23(10-13-7-8-24(11-13)14-5-3-2-4-6-14)17(26)15-9-18-20-16(15)25-12-19-21-22-25/h2-6,9,12-13H,7-8,10-11H2,1H3,(H,18,20). The summed E-state index contributed by atoms with van der Waals surface area (Å²) in [5.74, 6) is 0.819. The molecule has 9 heteroatoms. The molecule has 3 aromatic rings. The first kappa shape index (κ1) is 16.2. The van der Waals surface area contributed by atoms with Crippen LogP contribution in [0.25, 0.3) is 5.82 Å². The molecule has 1 N–H and O–H groups in total. The summed E-state index contributed by atoms with van der Waals surface area (Å²) in [6, 6.07) is 10.4. The summed E-state index contributed by atoms with van der Waals surface area (Å²) in [7, 11) is 1.82. The third kappa shape index (κ3) is 3.15. The van der Waals surface area contributed by atoms with Crippen molar-refractivity contribution in [1.29, 1.82) is 0 Å².